The Labute approximate surface area is 161 Å². The number of hydrogen-bond donors (Lipinski definition) is 1. The highest BCUT2D eigenvalue weighted by Crippen LogP contribution is 2.35. The number of rotatable bonds is 7. The van der Waals surface area contributed by atoms with E-state index in [0.29, 0.717) is 5.75 Å². The predicted octanol–water partition coefficient (Wildman–Crippen LogP) is 4.56. The smallest absolute Gasteiger partial charge is 0.351 e. The van der Waals surface area contributed by atoms with Crippen LogP contribution in [-0.2, 0) is 0 Å². The lowest BCUT2D eigenvalue weighted by Crippen LogP contribution is -2.46. The summed E-state index contributed by atoms with van der Waals surface area (Å²) in [5.74, 6) is 0.922. The third kappa shape index (κ3) is 4.10. The highest BCUT2D eigenvalue weighted by Gasteiger charge is 2.39. The SMILES string of the molecule is CCC1C=C(N)C([N+](=O)[O-])=C(Oc2c(C)cc(C)cc2C)N1C(CC)CC. The van der Waals surface area contributed by atoms with Crippen molar-refractivity contribution in [3.8, 4) is 5.75 Å². The van der Waals surface area contributed by atoms with E-state index in [1.807, 2.05) is 37.8 Å². The van der Waals surface area contributed by atoms with Crippen molar-refractivity contribution in [2.75, 3.05) is 0 Å². The monoisotopic (exact) mass is 373 g/mol. The molecule has 27 heavy (non-hydrogen) atoms. The molecule has 0 bridgehead atoms. The van der Waals surface area contributed by atoms with Crippen LogP contribution in [0.1, 0.15) is 56.7 Å². The van der Waals surface area contributed by atoms with Gasteiger partial charge in [0.25, 0.3) is 5.88 Å². The van der Waals surface area contributed by atoms with Gasteiger partial charge in [-0.2, -0.15) is 0 Å². The summed E-state index contributed by atoms with van der Waals surface area (Å²) < 4.78 is 6.29. The molecule has 0 aromatic heterocycles. The predicted molar refractivity (Wildman–Crippen MR) is 108 cm³/mol. The first-order chi connectivity index (χ1) is 12.7. The van der Waals surface area contributed by atoms with Gasteiger partial charge in [0.05, 0.1) is 11.0 Å². The zero-order chi connectivity index (χ0) is 20.3. The number of nitro groups is 1. The second-order valence-electron chi connectivity index (χ2n) is 7.22. The average Bonchev–Trinajstić information content (AvgIpc) is 2.59. The molecule has 0 saturated carbocycles. The fraction of sp³-hybridized carbons (Fsp3) is 0.524. The molecule has 1 aliphatic heterocycles. The third-order valence-corrected chi connectivity index (χ3v) is 5.18. The Kier molecular flexibility index (Phi) is 6.52. The summed E-state index contributed by atoms with van der Waals surface area (Å²) in [5.41, 5.74) is 9.15. The molecule has 0 fully saturated rings. The molecule has 1 aromatic rings. The van der Waals surface area contributed by atoms with Gasteiger partial charge < -0.3 is 15.4 Å². The molecule has 148 valence electrons. The van der Waals surface area contributed by atoms with Crippen molar-refractivity contribution >= 4 is 0 Å². The molecule has 1 aliphatic rings. The summed E-state index contributed by atoms with van der Waals surface area (Å²) in [6.07, 6.45) is 4.31. The van der Waals surface area contributed by atoms with Gasteiger partial charge in [-0.1, -0.05) is 38.5 Å². The Morgan fingerprint density at radius 3 is 2.19 bits per heavy atom. The number of nitrogens with two attached hydrogens (primary N) is 1. The van der Waals surface area contributed by atoms with E-state index in [4.69, 9.17) is 10.5 Å². The van der Waals surface area contributed by atoms with Crippen LogP contribution in [0.15, 0.2) is 35.5 Å². The van der Waals surface area contributed by atoms with Crippen molar-refractivity contribution < 1.29 is 9.66 Å². The van der Waals surface area contributed by atoms with Crippen LogP contribution in [0.3, 0.4) is 0 Å². The van der Waals surface area contributed by atoms with Gasteiger partial charge in [-0.3, -0.25) is 10.1 Å². The second kappa shape index (κ2) is 8.46. The van der Waals surface area contributed by atoms with Crippen molar-refractivity contribution in [2.24, 2.45) is 5.73 Å². The average molecular weight is 373 g/mol. The lowest BCUT2D eigenvalue weighted by atomic mass is 10.0. The van der Waals surface area contributed by atoms with Gasteiger partial charge in [0.2, 0.25) is 0 Å². The molecule has 0 radical (unpaired) electrons. The molecule has 6 heteroatoms. The first kappa shape index (κ1) is 20.8. The van der Waals surface area contributed by atoms with Gasteiger partial charge in [0.1, 0.15) is 11.4 Å². The summed E-state index contributed by atoms with van der Waals surface area (Å²) in [6.45, 7) is 12.2. The van der Waals surface area contributed by atoms with Crippen LogP contribution in [0.5, 0.6) is 5.75 Å². The van der Waals surface area contributed by atoms with Crippen LogP contribution >= 0.6 is 0 Å². The molecule has 1 heterocycles. The second-order valence-corrected chi connectivity index (χ2v) is 7.22. The molecule has 0 spiro atoms. The van der Waals surface area contributed by atoms with E-state index in [1.54, 1.807) is 6.08 Å². The number of aryl methyl sites for hydroxylation is 3. The Morgan fingerprint density at radius 1 is 1.19 bits per heavy atom. The molecular weight excluding hydrogens is 342 g/mol. The molecule has 2 N–H and O–H groups in total. The first-order valence-electron chi connectivity index (χ1n) is 9.65. The molecule has 1 aromatic carbocycles. The Balaban J connectivity index is 2.67. The van der Waals surface area contributed by atoms with E-state index in [-0.39, 0.29) is 29.4 Å². The van der Waals surface area contributed by atoms with E-state index < -0.39 is 4.92 Å². The number of ether oxygens (including phenoxy) is 1. The van der Waals surface area contributed by atoms with Crippen LogP contribution in [0.2, 0.25) is 0 Å². The molecule has 1 unspecified atom stereocenters. The lowest BCUT2D eigenvalue weighted by molar-refractivity contribution is -0.425. The van der Waals surface area contributed by atoms with Gasteiger partial charge in [-0.15, -0.1) is 0 Å². The van der Waals surface area contributed by atoms with Crippen LogP contribution < -0.4 is 10.5 Å². The maximum atomic E-state index is 11.8. The maximum absolute atomic E-state index is 11.8. The van der Waals surface area contributed by atoms with E-state index in [0.717, 1.165) is 36.0 Å². The minimum atomic E-state index is -0.429. The van der Waals surface area contributed by atoms with Crippen LogP contribution in [0, 0.1) is 30.9 Å². The molecule has 1 atom stereocenters. The van der Waals surface area contributed by atoms with E-state index in [1.165, 1.54) is 0 Å². The molecule has 2 rings (SSSR count). The summed E-state index contributed by atoms with van der Waals surface area (Å²) in [4.78, 5) is 13.5. The van der Waals surface area contributed by atoms with E-state index in [9.17, 15) is 10.1 Å². The topological polar surface area (TPSA) is 81.6 Å². The fourth-order valence-corrected chi connectivity index (χ4v) is 3.91. The van der Waals surface area contributed by atoms with Crippen molar-refractivity contribution in [3.63, 3.8) is 0 Å². The van der Waals surface area contributed by atoms with Crippen molar-refractivity contribution in [2.45, 2.75) is 72.9 Å². The summed E-state index contributed by atoms with van der Waals surface area (Å²) in [6, 6.07) is 4.15. The molecule has 0 amide bonds. The quantitative estimate of drug-likeness (QED) is 0.559. The highest BCUT2D eigenvalue weighted by atomic mass is 16.6. The van der Waals surface area contributed by atoms with Crippen molar-refractivity contribution in [1.29, 1.82) is 0 Å². The molecule has 0 saturated heterocycles. The number of hydrogen-bond acceptors (Lipinski definition) is 5. The Bertz CT molecular complexity index is 756. The number of nitrogens with zero attached hydrogens (tertiary/aromatic N) is 2. The van der Waals surface area contributed by atoms with Gasteiger partial charge in [-0.05, 0) is 57.2 Å². The zero-order valence-corrected chi connectivity index (χ0v) is 17.2. The minimum absolute atomic E-state index is 0.0281. The fourth-order valence-electron chi connectivity index (χ4n) is 3.91. The Hall–Kier alpha value is -2.50. The normalized spacial score (nSPS) is 17.4. The highest BCUT2D eigenvalue weighted by molar-refractivity contribution is 5.45. The maximum Gasteiger partial charge on any atom is 0.351 e. The van der Waals surface area contributed by atoms with Crippen LogP contribution in [0.25, 0.3) is 0 Å². The molecule has 6 nitrogen and oxygen atoms in total. The first-order valence-corrected chi connectivity index (χ1v) is 9.65. The van der Waals surface area contributed by atoms with E-state index in [2.05, 4.69) is 20.8 Å². The summed E-state index contributed by atoms with van der Waals surface area (Å²) in [5, 5.41) is 11.8. The summed E-state index contributed by atoms with van der Waals surface area (Å²) in [7, 11) is 0. The van der Waals surface area contributed by atoms with Gasteiger partial charge in [0.15, 0.2) is 0 Å². The van der Waals surface area contributed by atoms with Crippen molar-refractivity contribution in [3.05, 3.63) is 62.3 Å². The molecular formula is C21H31N3O3. The summed E-state index contributed by atoms with van der Waals surface area (Å²) >= 11 is 0. The molecule has 0 aliphatic carbocycles. The standard InChI is InChI=1S/C21H31N3O3/c1-7-16(8-2)23-17(9-3)12-18(22)19(24(25)26)21(23)27-20-14(5)10-13(4)11-15(20)6/h10-12,16-17H,7-9,22H2,1-6H3. The van der Waals surface area contributed by atoms with Crippen molar-refractivity contribution in [1.82, 2.24) is 4.90 Å². The Morgan fingerprint density at radius 2 is 1.74 bits per heavy atom. The lowest BCUT2D eigenvalue weighted by Gasteiger charge is -2.40. The van der Waals surface area contributed by atoms with Crippen LogP contribution in [0.4, 0.5) is 0 Å². The van der Waals surface area contributed by atoms with Crippen LogP contribution in [-0.4, -0.2) is 21.9 Å². The third-order valence-electron chi connectivity index (χ3n) is 5.18. The van der Waals surface area contributed by atoms with Gasteiger partial charge in [-0.25, -0.2) is 0 Å². The van der Waals surface area contributed by atoms with Gasteiger partial charge in [0, 0.05) is 6.04 Å². The minimum Gasteiger partial charge on any atom is -0.434 e. The van der Waals surface area contributed by atoms with Gasteiger partial charge >= 0.3 is 5.70 Å². The number of benzene rings is 1. The van der Waals surface area contributed by atoms with E-state index >= 15 is 0 Å². The largest absolute Gasteiger partial charge is 0.434 e. The zero-order valence-electron chi connectivity index (χ0n) is 17.2.